The fraction of sp³-hybridized carbons (Fsp3) is 0.235. The van der Waals surface area contributed by atoms with Crippen LogP contribution < -0.4 is 10.0 Å². The topological polar surface area (TPSA) is 84.5 Å². The molecule has 1 atom stereocenters. The fourth-order valence-electron chi connectivity index (χ4n) is 2.50. The van der Waals surface area contributed by atoms with Crippen molar-refractivity contribution >= 4 is 21.6 Å². The Balaban J connectivity index is 1.77. The van der Waals surface area contributed by atoms with Gasteiger partial charge >= 0.3 is 0 Å². The highest BCUT2D eigenvalue weighted by molar-refractivity contribution is 7.89. The van der Waals surface area contributed by atoms with Crippen molar-refractivity contribution < 1.29 is 26.7 Å². The molecule has 3 rings (SSSR count). The van der Waals surface area contributed by atoms with Crippen LogP contribution in [0.5, 0.6) is 0 Å². The van der Waals surface area contributed by atoms with E-state index in [1.54, 1.807) is 0 Å². The second kappa shape index (κ2) is 7.48. The number of carbonyl (C=O) groups excluding carboxylic acids is 1. The number of nitrogens with one attached hydrogen (secondary N) is 2. The number of hydrogen-bond donors (Lipinski definition) is 2. The summed E-state index contributed by atoms with van der Waals surface area (Å²) in [6, 6.07) is 8.07. The minimum absolute atomic E-state index is 0.0587. The number of rotatable bonds is 5. The largest absolute Gasteiger partial charge is 0.380 e. The lowest BCUT2D eigenvalue weighted by Gasteiger charge is -2.12. The average Bonchev–Trinajstić information content (AvgIpc) is 3.10. The molecule has 0 spiro atoms. The molecule has 9 heteroatoms. The van der Waals surface area contributed by atoms with Crippen LogP contribution >= 0.6 is 0 Å². The molecule has 0 bridgehead atoms. The Morgan fingerprint density at radius 2 is 1.92 bits per heavy atom. The van der Waals surface area contributed by atoms with E-state index < -0.39 is 27.6 Å². The van der Waals surface area contributed by atoms with E-state index in [2.05, 4.69) is 10.0 Å². The molecule has 2 aromatic rings. The van der Waals surface area contributed by atoms with Crippen molar-refractivity contribution in [1.29, 1.82) is 0 Å². The van der Waals surface area contributed by atoms with Crippen LogP contribution in [0.2, 0.25) is 0 Å². The Morgan fingerprint density at radius 3 is 2.62 bits per heavy atom. The summed E-state index contributed by atoms with van der Waals surface area (Å²) in [5.41, 5.74) is 0.128. The summed E-state index contributed by atoms with van der Waals surface area (Å²) in [6.45, 7) is 0.791. The van der Waals surface area contributed by atoms with E-state index in [1.807, 2.05) is 0 Å². The Kier molecular flexibility index (Phi) is 5.30. The van der Waals surface area contributed by atoms with Gasteiger partial charge < -0.3 is 10.1 Å². The zero-order chi connectivity index (χ0) is 18.7. The van der Waals surface area contributed by atoms with Gasteiger partial charge in [0.2, 0.25) is 10.0 Å². The molecule has 1 heterocycles. The summed E-state index contributed by atoms with van der Waals surface area (Å²) in [4.78, 5) is 12.2. The molecule has 1 aliphatic rings. The highest BCUT2D eigenvalue weighted by atomic mass is 32.2. The standard InChI is InChI=1S/C17H16F2N2O4S/c18-15-5-4-12(9-16(15)19)20-17(22)11-2-1-3-14(8-11)26(23,24)21-13-6-7-25-10-13/h1-5,8-9,13,21H,6-7,10H2,(H,20,22)/t13-/m0/s1. The number of carbonyl (C=O) groups is 1. The molecule has 138 valence electrons. The molecule has 1 fully saturated rings. The molecule has 2 N–H and O–H groups in total. The average molecular weight is 382 g/mol. The first kappa shape index (κ1) is 18.4. The van der Waals surface area contributed by atoms with E-state index in [0.29, 0.717) is 19.6 Å². The third kappa shape index (κ3) is 4.24. The first-order chi connectivity index (χ1) is 12.3. The summed E-state index contributed by atoms with van der Waals surface area (Å²) >= 11 is 0. The normalized spacial score (nSPS) is 17.2. The third-order valence-corrected chi connectivity index (χ3v) is 5.35. The Bertz CT molecular complexity index is 928. The molecule has 1 saturated heterocycles. The Hall–Kier alpha value is -2.36. The summed E-state index contributed by atoms with van der Waals surface area (Å²) in [5, 5.41) is 2.40. The lowest BCUT2D eigenvalue weighted by Crippen LogP contribution is -2.35. The van der Waals surface area contributed by atoms with Crippen molar-refractivity contribution in [2.45, 2.75) is 17.4 Å². The molecule has 0 aliphatic carbocycles. The summed E-state index contributed by atoms with van der Waals surface area (Å²) in [6.07, 6.45) is 0.579. The second-order valence-electron chi connectivity index (χ2n) is 5.79. The summed E-state index contributed by atoms with van der Waals surface area (Å²) in [5.74, 6) is -2.77. The van der Waals surface area contributed by atoms with Gasteiger partial charge in [-0.2, -0.15) is 0 Å². The van der Waals surface area contributed by atoms with Crippen molar-refractivity contribution in [1.82, 2.24) is 4.72 Å². The quantitative estimate of drug-likeness (QED) is 0.831. The van der Waals surface area contributed by atoms with Crippen molar-refractivity contribution in [2.24, 2.45) is 0 Å². The summed E-state index contributed by atoms with van der Waals surface area (Å²) < 4.78 is 58.7. The fourth-order valence-corrected chi connectivity index (χ4v) is 3.80. The minimum Gasteiger partial charge on any atom is -0.380 e. The molecule has 1 amide bonds. The molecule has 2 aromatic carbocycles. The van der Waals surface area contributed by atoms with Crippen LogP contribution in [0.3, 0.4) is 0 Å². The summed E-state index contributed by atoms with van der Waals surface area (Å²) in [7, 11) is -3.80. The van der Waals surface area contributed by atoms with Crippen molar-refractivity contribution in [3.8, 4) is 0 Å². The minimum atomic E-state index is -3.80. The zero-order valence-corrected chi connectivity index (χ0v) is 14.4. The highest BCUT2D eigenvalue weighted by Crippen LogP contribution is 2.17. The van der Waals surface area contributed by atoms with Crippen molar-refractivity contribution in [3.63, 3.8) is 0 Å². The first-order valence-corrected chi connectivity index (χ1v) is 9.30. The van der Waals surface area contributed by atoms with E-state index in [1.165, 1.54) is 30.3 Å². The van der Waals surface area contributed by atoms with Crippen LogP contribution in [-0.2, 0) is 14.8 Å². The molecule has 0 saturated carbocycles. The van der Waals surface area contributed by atoms with Gasteiger partial charge in [0.25, 0.3) is 5.91 Å². The van der Waals surface area contributed by atoms with Gasteiger partial charge in [-0.1, -0.05) is 6.07 Å². The van der Waals surface area contributed by atoms with Gasteiger partial charge in [0.1, 0.15) is 0 Å². The van der Waals surface area contributed by atoms with Gasteiger partial charge in [0, 0.05) is 30.0 Å². The number of halogens is 2. The maximum absolute atomic E-state index is 13.2. The Labute approximate surface area is 149 Å². The first-order valence-electron chi connectivity index (χ1n) is 7.82. The predicted molar refractivity (Wildman–Crippen MR) is 90.3 cm³/mol. The lowest BCUT2D eigenvalue weighted by molar-refractivity contribution is 0.102. The number of ether oxygens (including phenoxy) is 1. The van der Waals surface area contributed by atoms with Gasteiger partial charge in [-0.3, -0.25) is 4.79 Å². The SMILES string of the molecule is O=C(Nc1ccc(F)c(F)c1)c1cccc(S(=O)(=O)N[C@H]2CCOC2)c1. The molecular weight excluding hydrogens is 366 g/mol. The van der Waals surface area contributed by atoms with Crippen LogP contribution in [0, 0.1) is 11.6 Å². The van der Waals surface area contributed by atoms with Gasteiger partial charge in [-0.05, 0) is 36.8 Å². The zero-order valence-electron chi connectivity index (χ0n) is 13.5. The number of amides is 1. The molecule has 0 aromatic heterocycles. The number of benzene rings is 2. The smallest absolute Gasteiger partial charge is 0.255 e. The monoisotopic (exact) mass is 382 g/mol. The van der Waals surface area contributed by atoms with Crippen LogP contribution in [-0.4, -0.2) is 33.6 Å². The van der Waals surface area contributed by atoms with E-state index in [9.17, 15) is 22.0 Å². The van der Waals surface area contributed by atoms with Crippen LogP contribution in [0.15, 0.2) is 47.4 Å². The molecule has 0 unspecified atom stereocenters. The molecule has 1 aliphatic heterocycles. The maximum atomic E-state index is 13.2. The van der Waals surface area contributed by atoms with E-state index in [-0.39, 0.29) is 22.2 Å². The molecule has 0 radical (unpaired) electrons. The number of hydrogen-bond acceptors (Lipinski definition) is 4. The predicted octanol–water partition coefficient (Wildman–Crippen LogP) is 2.28. The van der Waals surface area contributed by atoms with Gasteiger partial charge in [-0.15, -0.1) is 0 Å². The second-order valence-corrected chi connectivity index (χ2v) is 7.51. The van der Waals surface area contributed by atoms with E-state index in [0.717, 1.165) is 12.1 Å². The van der Waals surface area contributed by atoms with Gasteiger partial charge in [0.15, 0.2) is 11.6 Å². The maximum Gasteiger partial charge on any atom is 0.255 e. The van der Waals surface area contributed by atoms with Crippen molar-refractivity contribution in [2.75, 3.05) is 18.5 Å². The van der Waals surface area contributed by atoms with Gasteiger partial charge in [-0.25, -0.2) is 21.9 Å². The van der Waals surface area contributed by atoms with Crippen LogP contribution in [0.4, 0.5) is 14.5 Å². The molecular formula is C17H16F2N2O4S. The van der Waals surface area contributed by atoms with E-state index in [4.69, 9.17) is 4.74 Å². The Morgan fingerprint density at radius 1 is 1.12 bits per heavy atom. The van der Waals surface area contributed by atoms with Gasteiger partial charge in [0.05, 0.1) is 11.5 Å². The third-order valence-electron chi connectivity index (χ3n) is 3.84. The van der Waals surface area contributed by atoms with Crippen molar-refractivity contribution in [3.05, 3.63) is 59.7 Å². The van der Waals surface area contributed by atoms with Crippen LogP contribution in [0.25, 0.3) is 0 Å². The van der Waals surface area contributed by atoms with E-state index >= 15 is 0 Å². The molecule has 6 nitrogen and oxygen atoms in total. The number of sulfonamides is 1. The van der Waals surface area contributed by atoms with Crippen LogP contribution in [0.1, 0.15) is 16.8 Å². The highest BCUT2D eigenvalue weighted by Gasteiger charge is 2.24. The number of anilines is 1. The molecule has 26 heavy (non-hydrogen) atoms. The lowest BCUT2D eigenvalue weighted by atomic mass is 10.2.